The zero-order valence-electron chi connectivity index (χ0n) is 17.4. The van der Waals surface area contributed by atoms with Gasteiger partial charge in [0.05, 0.1) is 19.2 Å². The third-order valence-electron chi connectivity index (χ3n) is 6.50. The molecule has 0 aliphatic carbocycles. The number of cyclic esters (lactones) is 1. The van der Waals surface area contributed by atoms with Crippen LogP contribution in [0.3, 0.4) is 0 Å². The number of amides is 1. The van der Waals surface area contributed by atoms with Crippen molar-refractivity contribution in [1.82, 2.24) is 5.01 Å². The van der Waals surface area contributed by atoms with Crippen molar-refractivity contribution in [3.05, 3.63) is 70.2 Å². The van der Waals surface area contributed by atoms with E-state index in [1.54, 1.807) is 0 Å². The first kappa shape index (κ1) is 21.5. The van der Waals surface area contributed by atoms with Gasteiger partial charge in [-0.25, -0.2) is 0 Å². The lowest BCUT2D eigenvalue weighted by Crippen LogP contribution is -2.64. The minimum atomic E-state index is -0.284. The van der Waals surface area contributed by atoms with Gasteiger partial charge in [0.1, 0.15) is 12.6 Å². The number of benzene rings is 2. The summed E-state index contributed by atoms with van der Waals surface area (Å²) in [4.78, 5) is 13.6. The average molecular weight is 474 g/mol. The fourth-order valence-corrected chi connectivity index (χ4v) is 5.47. The molecular weight excluding hydrogens is 444 g/mol. The van der Waals surface area contributed by atoms with Crippen LogP contribution in [-0.4, -0.2) is 52.6 Å². The van der Waals surface area contributed by atoms with Crippen LogP contribution in [-0.2, 0) is 11.2 Å². The van der Waals surface area contributed by atoms with Crippen LogP contribution >= 0.6 is 15.9 Å². The highest BCUT2D eigenvalue weighted by atomic mass is 79.9. The van der Waals surface area contributed by atoms with Crippen molar-refractivity contribution in [1.29, 1.82) is 0 Å². The number of nitrogens with zero attached hydrogens (tertiary/aromatic N) is 2. The van der Waals surface area contributed by atoms with E-state index in [4.69, 9.17) is 4.74 Å². The molecule has 0 saturated carbocycles. The second kappa shape index (κ2) is 9.18. The summed E-state index contributed by atoms with van der Waals surface area (Å²) in [5.74, 6) is 0. The van der Waals surface area contributed by atoms with Gasteiger partial charge in [0.2, 0.25) is 0 Å². The SMILES string of the molecule is CCC(c1ccccc1)[N+]1(N2CCC(O)CC2)CC(Cc2ccccc2Br)OC1=O. The summed E-state index contributed by atoms with van der Waals surface area (Å²) in [5, 5.41) is 12.3. The Balaban J connectivity index is 1.68. The lowest BCUT2D eigenvalue weighted by atomic mass is 10.00. The van der Waals surface area contributed by atoms with Gasteiger partial charge >= 0.3 is 6.09 Å². The number of halogens is 1. The van der Waals surface area contributed by atoms with Crippen LogP contribution in [0, 0.1) is 0 Å². The van der Waals surface area contributed by atoms with E-state index >= 15 is 0 Å². The van der Waals surface area contributed by atoms with Crippen molar-refractivity contribution < 1.29 is 19.2 Å². The summed E-state index contributed by atoms with van der Waals surface area (Å²) < 4.78 is 7.27. The first-order chi connectivity index (χ1) is 14.5. The summed E-state index contributed by atoms with van der Waals surface area (Å²) in [6.45, 7) is 4.15. The van der Waals surface area contributed by atoms with Gasteiger partial charge in [0.25, 0.3) is 0 Å². The van der Waals surface area contributed by atoms with Crippen LogP contribution in [0.25, 0.3) is 0 Å². The van der Waals surface area contributed by atoms with E-state index in [2.05, 4.69) is 46.1 Å². The van der Waals surface area contributed by atoms with E-state index in [-0.39, 0.29) is 28.9 Å². The molecule has 5 nitrogen and oxygen atoms in total. The predicted octanol–water partition coefficient (Wildman–Crippen LogP) is 4.85. The third-order valence-corrected chi connectivity index (χ3v) is 7.28. The first-order valence-electron chi connectivity index (χ1n) is 10.9. The number of ether oxygens (including phenoxy) is 1. The number of hydrogen-bond donors (Lipinski definition) is 1. The molecule has 2 saturated heterocycles. The highest BCUT2D eigenvalue weighted by molar-refractivity contribution is 9.10. The Morgan fingerprint density at radius 1 is 1.13 bits per heavy atom. The molecule has 2 aromatic rings. The predicted molar refractivity (Wildman–Crippen MR) is 120 cm³/mol. The maximum absolute atomic E-state index is 13.6. The largest absolute Gasteiger partial charge is 0.537 e. The minimum Gasteiger partial charge on any atom is -0.409 e. The zero-order valence-corrected chi connectivity index (χ0v) is 19.0. The second-order valence-corrected chi connectivity index (χ2v) is 9.18. The monoisotopic (exact) mass is 473 g/mol. The number of rotatable bonds is 6. The van der Waals surface area contributed by atoms with Crippen LogP contribution in [0.1, 0.15) is 43.4 Å². The maximum atomic E-state index is 13.6. The standard InChI is InChI=1S/C24H30BrN2O3/c1-2-23(18-8-4-3-5-9-18)27(26-14-12-20(28)13-15-26)17-21(30-24(27)29)16-19-10-6-7-11-22(19)25/h3-11,20-21,23,28H,2,12-17H2,1H3/q+1. The van der Waals surface area contributed by atoms with Crippen LogP contribution in [0.2, 0.25) is 0 Å². The lowest BCUT2D eigenvalue weighted by Gasteiger charge is -2.45. The number of quaternary nitrogens is 1. The summed E-state index contributed by atoms with van der Waals surface area (Å²) in [6, 6.07) is 18.4. The number of hydrogen-bond acceptors (Lipinski definition) is 4. The van der Waals surface area contributed by atoms with Crippen molar-refractivity contribution in [3.8, 4) is 0 Å². The highest BCUT2D eigenvalue weighted by Crippen LogP contribution is 2.41. The maximum Gasteiger partial charge on any atom is 0.537 e. The summed E-state index contributed by atoms with van der Waals surface area (Å²) in [6.07, 6.45) is 2.27. The lowest BCUT2D eigenvalue weighted by molar-refractivity contribution is -0.989. The van der Waals surface area contributed by atoms with E-state index < -0.39 is 0 Å². The fourth-order valence-electron chi connectivity index (χ4n) is 5.02. The van der Waals surface area contributed by atoms with Gasteiger partial charge in [0, 0.05) is 22.9 Å². The number of aliphatic hydroxyl groups excluding tert-OH is 1. The molecular formula is C24H30BrN2O3+. The zero-order chi connectivity index (χ0) is 21.1. The molecule has 30 heavy (non-hydrogen) atoms. The topological polar surface area (TPSA) is 49.8 Å². The Morgan fingerprint density at radius 3 is 2.47 bits per heavy atom. The van der Waals surface area contributed by atoms with Crippen LogP contribution in [0.5, 0.6) is 0 Å². The number of aliphatic hydroxyl groups is 1. The van der Waals surface area contributed by atoms with Crippen LogP contribution in [0.4, 0.5) is 4.79 Å². The summed E-state index contributed by atoms with van der Waals surface area (Å²) >= 11 is 3.63. The van der Waals surface area contributed by atoms with Crippen LogP contribution in [0.15, 0.2) is 59.1 Å². The molecule has 3 atom stereocenters. The van der Waals surface area contributed by atoms with Gasteiger partial charge < -0.3 is 9.84 Å². The average Bonchev–Trinajstić information content (AvgIpc) is 3.08. The van der Waals surface area contributed by atoms with Crippen LogP contribution < -0.4 is 0 Å². The fraction of sp³-hybridized carbons (Fsp3) is 0.458. The van der Waals surface area contributed by atoms with Crippen molar-refractivity contribution in [3.63, 3.8) is 0 Å². The summed E-state index contributed by atoms with van der Waals surface area (Å²) in [5.41, 5.74) is 2.31. The Bertz CT molecular complexity index is 870. The molecule has 2 heterocycles. The highest BCUT2D eigenvalue weighted by Gasteiger charge is 2.59. The third kappa shape index (κ3) is 4.06. The minimum absolute atomic E-state index is 0.00171. The normalized spacial score (nSPS) is 26.5. The molecule has 6 heteroatoms. The van der Waals surface area contributed by atoms with Gasteiger partial charge in [-0.3, -0.25) is 0 Å². The number of carbonyl (C=O) groups excluding carboxylic acids is 1. The van der Waals surface area contributed by atoms with Gasteiger partial charge in [-0.1, -0.05) is 71.4 Å². The molecule has 1 N–H and O–H groups in total. The van der Waals surface area contributed by atoms with E-state index in [9.17, 15) is 9.90 Å². The molecule has 0 radical (unpaired) electrons. The second-order valence-electron chi connectivity index (χ2n) is 8.33. The van der Waals surface area contributed by atoms with Gasteiger partial charge in [0.15, 0.2) is 6.10 Å². The Kier molecular flexibility index (Phi) is 6.58. The van der Waals surface area contributed by atoms with E-state index in [0.29, 0.717) is 38.9 Å². The molecule has 160 valence electrons. The molecule has 0 aromatic heterocycles. The van der Waals surface area contributed by atoms with Crippen molar-refractivity contribution in [2.45, 2.75) is 50.9 Å². The molecule has 2 aliphatic rings. The molecule has 3 unspecified atom stereocenters. The molecule has 0 spiro atoms. The van der Waals surface area contributed by atoms with Gasteiger partial charge in [-0.2, -0.15) is 4.79 Å². The first-order valence-corrected chi connectivity index (χ1v) is 11.6. The Labute approximate surface area is 186 Å². The molecule has 2 fully saturated rings. The Morgan fingerprint density at radius 2 is 1.80 bits per heavy atom. The van der Waals surface area contributed by atoms with E-state index in [1.807, 2.05) is 36.4 Å². The quantitative estimate of drug-likeness (QED) is 0.609. The van der Waals surface area contributed by atoms with Gasteiger partial charge in [-0.15, -0.1) is 9.60 Å². The molecule has 4 rings (SSSR count). The van der Waals surface area contributed by atoms with Crippen molar-refractivity contribution in [2.75, 3.05) is 19.6 Å². The molecule has 0 bridgehead atoms. The molecule has 2 aromatic carbocycles. The smallest absolute Gasteiger partial charge is 0.409 e. The summed E-state index contributed by atoms with van der Waals surface area (Å²) in [7, 11) is 0. The van der Waals surface area contributed by atoms with Gasteiger partial charge in [-0.05, 0) is 24.5 Å². The van der Waals surface area contributed by atoms with Crippen molar-refractivity contribution >= 4 is 22.0 Å². The van der Waals surface area contributed by atoms with E-state index in [1.165, 1.54) is 0 Å². The molecule has 1 amide bonds. The molecule has 2 aliphatic heterocycles. The van der Waals surface area contributed by atoms with Crippen molar-refractivity contribution in [2.24, 2.45) is 0 Å². The number of piperidine rings is 1. The number of carbonyl (C=O) groups is 1. The Hall–Kier alpha value is -1.73. The van der Waals surface area contributed by atoms with E-state index in [0.717, 1.165) is 22.0 Å².